The molecule has 2 amide bonds. The lowest BCUT2D eigenvalue weighted by Gasteiger charge is -2.12. The van der Waals surface area contributed by atoms with Crippen LogP contribution >= 0.6 is 0 Å². The first-order valence-electron chi connectivity index (χ1n) is 8.27. The third-order valence-electron chi connectivity index (χ3n) is 3.75. The second-order valence-corrected chi connectivity index (χ2v) is 6.13. The third-order valence-corrected chi connectivity index (χ3v) is 3.75. The van der Waals surface area contributed by atoms with Crippen LogP contribution in [0.4, 0.5) is 28.4 Å². The first kappa shape index (κ1) is 19.9. The average molecular weight is 369 g/mol. The molecule has 0 fully saturated rings. The molecule has 8 heteroatoms. The van der Waals surface area contributed by atoms with Crippen molar-refractivity contribution in [3.05, 3.63) is 35.4 Å². The van der Waals surface area contributed by atoms with E-state index in [2.05, 4.69) is 20.9 Å². The summed E-state index contributed by atoms with van der Waals surface area (Å²) in [7, 11) is 1.50. The number of carbonyl (C=O) groups is 2. The van der Waals surface area contributed by atoms with Crippen LogP contribution in [0.1, 0.15) is 25.0 Å². The molecule has 2 rings (SSSR count). The second-order valence-electron chi connectivity index (χ2n) is 6.13. The first-order valence-corrected chi connectivity index (χ1v) is 8.27. The lowest BCUT2D eigenvalue weighted by molar-refractivity contribution is -0.115. The maximum Gasteiger partial charge on any atom is 0.221 e. The van der Waals surface area contributed by atoms with Gasteiger partial charge in [0.2, 0.25) is 11.8 Å². The van der Waals surface area contributed by atoms with Crippen molar-refractivity contribution in [3.8, 4) is 5.75 Å². The number of hydrogen-bond donors (Lipinski definition) is 3. The molecule has 0 bridgehead atoms. The number of amides is 2. The van der Waals surface area contributed by atoms with Crippen LogP contribution in [0.2, 0.25) is 0 Å². The number of nitrogens with zero attached hydrogens (tertiary/aromatic N) is 2. The fourth-order valence-electron chi connectivity index (χ4n) is 2.62. The summed E-state index contributed by atoms with van der Waals surface area (Å²) in [6.07, 6.45) is 0. The molecule has 0 aromatic heterocycles. The monoisotopic (exact) mass is 369 g/mol. The van der Waals surface area contributed by atoms with Gasteiger partial charge in [-0.25, -0.2) is 0 Å². The maximum absolute atomic E-state index is 11.4. The van der Waals surface area contributed by atoms with Gasteiger partial charge in [-0.2, -0.15) is 5.11 Å². The minimum Gasteiger partial charge on any atom is -0.495 e. The molecule has 2 aromatic rings. The van der Waals surface area contributed by atoms with Gasteiger partial charge in [0, 0.05) is 25.6 Å². The number of carbonyl (C=O) groups excluding carboxylic acids is 2. The molecule has 142 valence electrons. The highest BCUT2D eigenvalue weighted by Crippen LogP contribution is 2.36. The van der Waals surface area contributed by atoms with E-state index in [0.717, 1.165) is 16.8 Å². The van der Waals surface area contributed by atoms with Crippen molar-refractivity contribution in [2.24, 2.45) is 10.2 Å². The highest BCUT2D eigenvalue weighted by atomic mass is 16.5. The number of azo groups is 1. The molecule has 0 saturated heterocycles. The molecule has 27 heavy (non-hydrogen) atoms. The smallest absolute Gasteiger partial charge is 0.221 e. The summed E-state index contributed by atoms with van der Waals surface area (Å²) in [5, 5.41) is 14.0. The predicted molar refractivity (Wildman–Crippen MR) is 106 cm³/mol. The number of benzene rings is 2. The Balaban J connectivity index is 2.42. The van der Waals surface area contributed by atoms with Crippen LogP contribution in [-0.4, -0.2) is 18.9 Å². The number of nitrogens with one attached hydrogen (secondary N) is 2. The van der Waals surface area contributed by atoms with Gasteiger partial charge < -0.3 is 21.1 Å². The van der Waals surface area contributed by atoms with Crippen molar-refractivity contribution < 1.29 is 14.3 Å². The van der Waals surface area contributed by atoms with Crippen molar-refractivity contribution >= 4 is 40.3 Å². The fourth-order valence-corrected chi connectivity index (χ4v) is 2.62. The number of hydrogen-bond acceptors (Lipinski definition) is 6. The van der Waals surface area contributed by atoms with E-state index in [1.54, 1.807) is 12.1 Å². The summed E-state index contributed by atoms with van der Waals surface area (Å²) in [4.78, 5) is 22.7. The van der Waals surface area contributed by atoms with Gasteiger partial charge in [0.05, 0.1) is 24.2 Å². The number of rotatable bonds is 5. The van der Waals surface area contributed by atoms with Crippen molar-refractivity contribution in [3.63, 3.8) is 0 Å². The minimum absolute atomic E-state index is 0.135. The highest BCUT2D eigenvalue weighted by molar-refractivity contribution is 5.93. The zero-order chi connectivity index (χ0) is 20.1. The lowest BCUT2D eigenvalue weighted by atomic mass is 10.1. The molecule has 0 aliphatic heterocycles. The Bertz CT molecular complexity index is 899. The van der Waals surface area contributed by atoms with Gasteiger partial charge in [0.15, 0.2) is 0 Å². The van der Waals surface area contributed by atoms with E-state index in [1.165, 1.54) is 21.0 Å². The van der Waals surface area contributed by atoms with Gasteiger partial charge in [-0.15, -0.1) is 5.11 Å². The number of aryl methyl sites for hydroxylation is 2. The molecule has 8 nitrogen and oxygen atoms in total. The normalized spacial score (nSPS) is 10.7. The van der Waals surface area contributed by atoms with Gasteiger partial charge in [0.25, 0.3) is 0 Å². The van der Waals surface area contributed by atoms with Crippen LogP contribution in [0.25, 0.3) is 0 Å². The summed E-state index contributed by atoms with van der Waals surface area (Å²) in [6.45, 7) is 6.62. The number of anilines is 3. The van der Waals surface area contributed by atoms with Crippen LogP contribution in [0, 0.1) is 13.8 Å². The van der Waals surface area contributed by atoms with E-state index < -0.39 is 0 Å². The summed E-state index contributed by atoms with van der Waals surface area (Å²) >= 11 is 0. The third kappa shape index (κ3) is 5.04. The molecule has 0 radical (unpaired) electrons. The largest absolute Gasteiger partial charge is 0.495 e. The van der Waals surface area contributed by atoms with Crippen molar-refractivity contribution in [2.75, 3.05) is 23.5 Å². The Morgan fingerprint density at radius 1 is 0.963 bits per heavy atom. The van der Waals surface area contributed by atoms with E-state index in [1.807, 2.05) is 26.0 Å². The molecule has 0 atom stereocenters. The van der Waals surface area contributed by atoms with E-state index in [-0.39, 0.29) is 11.8 Å². The Labute approximate surface area is 157 Å². The molecule has 0 heterocycles. The van der Waals surface area contributed by atoms with Gasteiger partial charge in [-0.3, -0.25) is 9.59 Å². The van der Waals surface area contributed by atoms with E-state index in [9.17, 15) is 9.59 Å². The molecule has 0 aliphatic carbocycles. The van der Waals surface area contributed by atoms with Crippen molar-refractivity contribution in [2.45, 2.75) is 27.7 Å². The standard InChI is InChI=1S/C19H23N5O3/c1-10-6-14(7-11(2)19(10)22-13(4)26)23-24-17-9-18(27-5)15(20)8-16(17)21-12(3)25/h6-9H,20H2,1-5H3,(H,21,25)(H,22,26)/b24-23+. The first-order chi connectivity index (χ1) is 12.7. The number of nitrogen functional groups attached to an aromatic ring is 1. The Hall–Kier alpha value is -3.42. The molecule has 0 saturated carbocycles. The molecule has 2 aromatic carbocycles. The van der Waals surface area contributed by atoms with Crippen LogP contribution in [-0.2, 0) is 9.59 Å². The molecular formula is C19H23N5O3. The Kier molecular flexibility index (Phi) is 6.12. The van der Waals surface area contributed by atoms with Gasteiger partial charge in [0.1, 0.15) is 11.4 Å². The zero-order valence-corrected chi connectivity index (χ0v) is 16.0. The van der Waals surface area contributed by atoms with Gasteiger partial charge in [-0.1, -0.05) is 0 Å². The maximum atomic E-state index is 11.4. The molecule has 4 N–H and O–H groups in total. The second kappa shape index (κ2) is 8.31. The summed E-state index contributed by atoms with van der Waals surface area (Å²) < 4.78 is 5.21. The fraction of sp³-hybridized carbons (Fsp3) is 0.263. The van der Waals surface area contributed by atoms with Crippen LogP contribution in [0.3, 0.4) is 0 Å². The van der Waals surface area contributed by atoms with Crippen molar-refractivity contribution in [1.29, 1.82) is 0 Å². The van der Waals surface area contributed by atoms with Crippen LogP contribution < -0.4 is 21.1 Å². The molecular weight excluding hydrogens is 346 g/mol. The van der Waals surface area contributed by atoms with Gasteiger partial charge >= 0.3 is 0 Å². The lowest BCUT2D eigenvalue weighted by Crippen LogP contribution is -2.08. The zero-order valence-electron chi connectivity index (χ0n) is 16.0. The predicted octanol–water partition coefficient (Wildman–Crippen LogP) is 4.23. The van der Waals surface area contributed by atoms with Gasteiger partial charge in [-0.05, 0) is 43.2 Å². The SMILES string of the molecule is COc1cc(/N=N/c2cc(C)c(NC(C)=O)c(C)c2)c(NC(C)=O)cc1N. The van der Waals surface area contributed by atoms with Crippen LogP contribution in [0.5, 0.6) is 5.75 Å². The van der Waals surface area contributed by atoms with E-state index in [0.29, 0.717) is 28.5 Å². The molecule has 0 aliphatic rings. The topological polar surface area (TPSA) is 118 Å². The average Bonchev–Trinajstić information content (AvgIpc) is 2.56. The van der Waals surface area contributed by atoms with E-state index >= 15 is 0 Å². The van der Waals surface area contributed by atoms with Crippen molar-refractivity contribution in [1.82, 2.24) is 0 Å². The number of nitrogens with two attached hydrogens (primary N) is 1. The highest BCUT2D eigenvalue weighted by Gasteiger charge is 2.11. The molecule has 0 unspecified atom stereocenters. The number of methoxy groups -OCH3 is 1. The van der Waals surface area contributed by atoms with E-state index in [4.69, 9.17) is 10.5 Å². The molecule has 0 spiro atoms. The summed E-state index contributed by atoms with van der Waals surface area (Å²) in [5.41, 5.74) is 10.2. The van der Waals surface area contributed by atoms with Crippen LogP contribution in [0.15, 0.2) is 34.5 Å². The summed E-state index contributed by atoms with van der Waals surface area (Å²) in [6, 6.07) is 6.81. The Morgan fingerprint density at radius 2 is 1.56 bits per heavy atom. The number of ether oxygens (including phenoxy) is 1. The minimum atomic E-state index is -0.248. The quantitative estimate of drug-likeness (QED) is 0.540. The summed E-state index contributed by atoms with van der Waals surface area (Å²) in [5.74, 6) is 0.0540. The Morgan fingerprint density at radius 3 is 2.07 bits per heavy atom.